The van der Waals surface area contributed by atoms with Crippen molar-refractivity contribution in [2.24, 2.45) is 5.10 Å². The molecule has 1 atom stereocenters. The van der Waals surface area contributed by atoms with Crippen molar-refractivity contribution in [1.29, 1.82) is 0 Å². The second-order valence-corrected chi connectivity index (χ2v) is 7.63. The zero-order valence-electron chi connectivity index (χ0n) is 15.9. The lowest BCUT2D eigenvalue weighted by Crippen LogP contribution is -2.42. The fourth-order valence-corrected chi connectivity index (χ4v) is 2.67. The van der Waals surface area contributed by atoms with Gasteiger partial charge in [-0.3, -0.25) is 4.79 Å². The molecular weight excluding hydrogens is 344 g/mol. The van der Waals surface area contributed by atoms with Crippen LogP contribution in [0.25, 0.3) is 0 Å². The van der Waals surface area contributed by atoms with Crippen LogP contribution in [0.15, 0.2) is 41.5 Å². The highest BCUT2D eigenvalue weighted by Gasteiger charge is 2.28. The summed E-state index contributed by atoms with van der Waals surface area (Å²) in [5.41, 5.74) is 4.95. The highest BCUT2D eigenvalue weighted by Crippen LogP contribution is 2.36. The monoisotopic (exact) mass is 368 g/mol. The molecule has 0 aliphatic carbocycles. The van der Waals surface area contributed by atoms with Gasteiger partial charge >= 0.3 is 0 Å². The van der Waals surface area contributed by atoms with E-state index in [0.717, 1.165) is 11.1 Å². The Morgan fingerprint density at radius 1 is 1.22 bits per heavy atom. The molecule has 2 N–H and O–H groups in total. The molecule has 0 aromatic heterocycles. The summed E-state index contributed by atoms with van der Waals surface area (Å²) in [4.78, 5) is 12.3. The van der Waals surface area contributed by atoms with Crippen LogP contribution in [0.2, 0.25) is 0 Å². The first-order valence-electron chi connectivity index (χ1n) is 8.80. The summed E-state index contributed by atoms with van der Waals surface area (Å²) in [5.74, 6) is 0.868. The zero-order chi connectivity index (χ0) is 19.6. The van der Waals surface area contributed by atoms with Gasteiger partial charge in [0, 0.05) is 5.56 Å². The first-order chi connectivity index (χ1) is 12.7. The highest BCUT2D eigenvalue weighted by molar-refractivity contribution is 5.86. The summed E-state index contributed by atoms with van der Waals surface area (Å²) in [6.07, 6.45) is 0.596. The van der Waals surface area contributed by atoms with Crippen LogP contribution in [0.3, 0.4) is 0 Å². The van der Waals surface area contributed by atoms with Crippen molar-refractivity contribution in [3.8, 4) is 17.2 Å². The maximum Gasteiger partial charge on any atom is 0.284 e. The molecule has 6 nitrogen and oxygen atoms in total. The van der Waals surface area contributed by atoms with E-state index in [0.29, 0.717) is 17.1 Å². The third-order valence-electron chi connectivity index (χ3n) is 4.33. The second kappa shape index (κ2) is 7.31. The molecule has 1 heterocycles. The van der Waals surface area contributed by atoms with E-state index in [1.54, 1.807) is 12.1 Å². The molecule has 1 aliphatic rings. The Hall–Kier alpha value is -3.02. The number of fused-ring (bicyclic) bond motifs is 1. The third kappa shape index (κ3) is 4.39. The number of carbonyl (C=O) groups is 1. The molecule has 2 aromatic carbocycles. The SMILES string of the molecule is Cc1ccc(/C=N/NC(=O)C2COc3ccc(C(C)(C)C)cc3O2)c(O)c1. The Labute approximate surface area is 158 Å². The van der Waals surface area contributed by atoms with E-state index in [1.807, 2.05) is 31.2 Å². The minimum absolute atomic E-state index is 0.0338. The van der Waals surface area contributed by atoms with E-state index in [2.05, 4.69) is 31.3 Å². The van der Waals surface area contributed by atoms with Gasteiger partial charge in [-0.2, -0.15) is 5.10 Å². The summed E-state index contributed by atoms with van der Waals surface area (Å²) in [6.45, 7) is 8.32. The van der Waals surface area contributed by atoms with Crippen molar-refractivity contribution in [3.05, 3.63) is 53.1 Å². The van der Waals surface area contributed by atoms with Crippen LogP contribution in [0.5, 0.6) is 17.2 Å². The minimum Gasteiger partial charge on any atom is -0.507 e. The Bertz CT molecular complexity index is 884. The number of phenols is 1. The summed E-state index contributed by atoms with van der Waals surface area (Å²) >= 11 is 0. The molecule has 0 bridgehead atoms. The maximum absolute atomic E-state index is 12.3. The van der Waals surface area contributed by atoms with Gasteiger partial charge in [0.05, 0.1) is 6.21 Å². The van der Waals surface area contributed by atoms with Gasteiger partial charge in [0.15, 0.2) is 11.5 Å². The number of phenolic OH excluding ortho intramolecular Hbond substituents is 1. The van der Waals surface area contributed by atoms with Crippen LogP contribution >= 0.6 is 0 Å². The number of hydrazone groups is 1. The Balaban J connectivity index is 1.66. The van der Waals surface area contributed by atoms with Crippen molar-refractivity contribution in [3.63, 3.8) is 0 Å². The quantitative estimate of drug-likeness (QED) is 0.644. The molecule has 142 valence electrons. The van der Waals surface area contributed by atoms with Crippen molar-refractivity contribution in [2.75, 3.05) is 6.61 Å². The topological polar surface area (TPSA) is 80.2 Å². The molecule has 0 fully saturated rings. The van der Waals surface area contributed by atoms with E-state index < -0.39 is 12.0 Å². The predicted molar refractivity (Wildman–Crippen MR) is 104 cm³/mol. The molecule has 6 heteroatoms. The van der Waals surface area contributed by atoms with Crippen molar-refractivity contribution in [2.45, 2.75) is 39.2 Å². The average molecular weight is 368 g/mol. The van der Waals surface area contributed by atoms with Gasteiger partial charge in [-0.05, 0) is 47.7 Å². The summed E-state index contributed by atoms with van der Waals surface area (Å²) in [5, 5.41) is 13.8. The third-order valence-corrected chi connectivity index (χ3v) is 4.33. The van der Waals surface area contributed by atoms with Gasteiger partial charge in [-0.1, -0.05) is 32.9 Å². The van der Waals surface area contributed by atoms with Gasteiger partial charge in [-0.25, -0.2) is 5.43 Å². The normalized spacial score (nSPS) is 16.4. The molecule has 1 amide bonds. The number of nitrogens with zero attached hydrogens (tertiary/aromatic N) is 1. The fraction of sp³-hybridized carbons (Fsp3) is 0.333. The van der Waals surface area contributed by atoms with E-state index in [4.69, 9.17) is 9.47 Å². The van der Waals surface area contributed by atoms with Crippen molar-refractivity contribution >= 4 is 12.1 Å². The smallest absolute Gasteiger partial charge is 0.284 e. The van der Waals surface area contributed by atoms with Crippen LogP contribution in [0.1, 0.15) is 37.5 Å². The maximum atomic E-state index is 12.3. The molecule has 3 rings (SSSR count). The highest BCUT2D eigenvalue weighted by atomic mass is 16.6. The Kier molecular flexibility index (Phi) is 5.08. The number of aryl methyl sites for hydroxylation is 1. The second-order valence-electron chi connectivity index (χ2n) is 7.63. The van der Waals surface area contributed by atoms with Crippen LogP contribution in [-0.4, -0.2) is 29.9 Å². The Morgan fingerprint density at radius 2 is 2.00 bits per heavy atom. The number of aromatic hydroxyl groups is 1. The number of benzene rings is 2. The van der Waals surface area contributed by atoms with E-state index in [1.165, 1.54) is 6.21 Å². The molecule has 2 aromatic rings. The summed E-state index contributed by atoms with van der Waals surface area (Å²) in [6, 6.07) is 11.0. The van der Waals surface area contributed by atoms with Crippen molar-refractivity contribution in [1.82, 2.24) is 5.43 Å². The summed E-state index contributed by atoms with van der Waals surface area (Å²) < 4.78 is 11.5. The van der Waals surface area contributed by atoms with Gasteiger partial charge in [0.1, 0.15) is 12.4 Å². The fourth-order valence-electron chi connectivity index (χ4n) is 2.67. The zero-order valence-corrected chi connectivity index (χ0v) is 15.9. The number of carbonyl (C=O) groups excluding carboxylic acids is 1. The largest absolute Gasteiger partial charge is 0.507 e. The van der Waals surface area contributed by atoms with Crippen molar-refractivity contribution < 1.29 is 19.4 Å². The first kappa shape index (κ1) is 18.8. The van der Waals surface area contributed by atoms with Crippen LogP contribution in [0, 0.1) is 6.92 Å². The number of ether oxygens (including phenoxy) is 2. The number of nitrogens with one attached hydrogen (secondary N) is 1. The molecule has 0 saturated carbocycles. The van der Waals surface area contributed by atoms with Crippen LogP contribution < -0.4 is 14.9 Å². The number of amides is 1. The predicted octanol–water partition coefficient (Wildman–Crippen LogP) is 3.29. The lowest BCUT2D eigenvalue weighted by Gasteiger charge is -2.27. The molecule has 0 radical (unpaired) electrons. The molecule has 1 aliphatic heterocycles. The Morgan fingerprint density at radius 3 is 2.70 bits per heavy atom. The molecule has 1 unspecified atom stereocenters. The van der Waals surface area contributed by atoms with Crippen LogP contribution in [-0.2, 0) is 10.2 Å². The van der Waals surface area contributed by atoms with E-state index in [9.17, 15) is 9.90 Å². The van der Waals surface area contributed by atoms with Gasteiger partial charge < -0.3 is 14.6 Å². The number of hydrogen-bond donors (Lipinski definition) is 2. The molecule has 0 saturated heterocycles. The number of rotatable bonds is 3. The van der Waals surface area contributed by atoms with E-state index in [-0.39, 0.29) is 17.8 Å². The lowest BCUT2D eigenvalue weighted by atomic mass is 9.87. The van der Waals surface area contributed by atoms with Crippen LogP contribution in [0.4, 0.5) is 0 Å². The standard InChI is InChI=1S/C21H24N2O4/c1-13-5-6-14(16(24)9-13)11-22-23-20(25)19-12-26-17-8-7-15(21(2,3)4)10-18(17)27-19/h5-11,19,24H,12H2,1-4H3,(H,23,25)/b22-11+. The minimum atomic E-state index is -0.795. The molecular formula is C21H24N2O4. The molecule has 27 heavy (non-hydrogen) atoms. The first-order valence-corrected chi connectivity index (χ1v) is 8.80. The van der Waals surface area contributed by atoms with Gasteiger partial charge in [0.2, 0.25) is 6.10 Å². The van der Waals surface area contributed by atoms with Gasteiger partial charge in [-0.15, -0.1) is 0 Å². The molecule has 0 spiro atoms. The van der Waals surface area contributed by atoms with Gasteiger partial charge in [0.25, 0.3) is 5.91 Å². The average Bonchev–Trinajstić information content (AvgIpc) is 2.61. The van der Waals surface area contributed by atoms with E-state index >= 15 is 0 Å². The number of hydrogen-bond acceptors (Lipinski definition) is 5. The summed E-state index contributed by atoms with van der Waals surface area (Å²) in [7, 11) is 0. The lowest BCUT2D eigenvalue weighted by molar-refractivity contribution is -0.130.